The van der Waals surface area contributed by atoms with Crippen LogP contribution in [-0.2, 0) is 5.54 Å². The van der Waals surface area contributed by atoms with Crippen LogP contribution in [-0.4, -0.2) is 14.8 Å². The SMILES string of the molecule is N#CC1(n2c(=O)[nH][nH]c2=O)CCCC1. The molecular formula is C8H10N4O2. The maximum Gasteiger partial charge on any atom is 0.345 e. The molecule has 0 radical (unpaired) electrons. The summed E-state index contributed by atoms with van der Waals surface area (Å²) >= 11 is 0. The summed E-state index contributed by atoms with van der Waals surface area (Å²) in [7, 11) is 0. The van der Waals surface area contributed by atoms with Crippen molar-refractivity contribution in [1.29, 1.82) is 5.26 Å². The Morgan fingerprint density at radius 2 is 1.71 bits per heavy atom. The van der Waals surface area contributed by atoms with Crippen molar-refractivity contribution in [3.8, 4) is 6.07 Å². The molecule has 0 amide bonds. The first-order chi connectivity index (χ1) is 6.69. The van der Waals surface area contributed by atoms with E-state index in [-0.39, 0.29) is 0 Å². The fourth-order valence-electron chi connectivity index (χ4n) is 2.05. The van der Waals surface area contributed by atoms with Gasteiger partial charge in [-0.15, -0.1) is 0 Å². The quantitative estimate of drug-likeness (QED) is 0.640. The summed E-state index contributed by atoms with van der Waals surface area (Å²) in [6.07, 6.45) is 2.91. The van der Waals surface area contributed by atoms with Crippen LogP contribution in [0.1, 0.15) is 25.7 Å². The third-order valence-corrected chi connectivity index (χ3v) is 2.75. The van der Waals surface area contributed by atoms with Gasteiger partial charge in [-0.1, -0.05) is 0 Å². The van der Waals surface area contributed by atoms with Crippen molar-refractivity contribution in [2.75, 3.05) is 0 Å². The number of H-pyrrole nitrogens is 2. The molecule has 1 heterocycles. The standard InChI is InChI=1S/C8H10N4O2/c9-5-8(3-1-2-4-8)12-6(13)10-11-7(12)14/h1-4H2,(H,10,13)(H,11,14). The Morgan fingerprint density at radius 3 is 2.14 bits per heavy atom. The van der Waals surface area contributed by atoms with Crippen LogP contribution in [0.4, 0.5) is 0 Å². The Kier molecular flexibility index (Phi) is 1.81. The zero-order valence-corrected chi connectivity index (χ0v) is 7.54. The summed E-state index contributed by atoms with van der Waals surface area (Å²) in [4.78, 5) is 22.6. The summed E-state index contributed by atoms with van der Waals surface area (Å²) in [5.41, 5.74) is -1.98. The fourth-order valence-corrected chi connectivity index (χ4v) is 2.05. The molecule has 6 nitrogen and oxygen atoms in total. The average molecular weight is 194 g/mol. The Labute approximate surface area is 79.2 Å². The minimum absolute atomic E-state index is 0.529. The highest BCUT2D eigenvalue weighted by Gasteiger charge is 2.38. The number of aromatic nitrogens is 3. The number of rotatable bonds is 1. The average Bonchev–Trinajstić information content (AvgIpc) is 2.75. The lowest BCUT2D eigenvalue weighted by Gasteiger charge is -2.18. The van der Waals surface area contributed by atoms with Gasteiger partial charge in [0.15, 0.2) is 0 Å². The summed E-state index contributed by atoms with van der Waals surface area (Å²) in [6.45, 7) is 0. The van der Waals surface area contributed by atoms with E-state index < -0.39 is 16.9 Å². The second-order valence-corrected chi connectivity index (χ2v) is 3.55. The van der Waals surface area contributed by atoms with Crippen molar-refractivity contribution in [2.45, 2.75) is 31.2 Å². The first-order valence-electron chi connectivity index (χ1n) is 4.51. The first-order valence-corrected chi connectivity index (χ1v) is 4.51. The molecule has 2 N–H and O–H groups in total. The third-order valence-electron chi connectivity index (χ3n) is 2.75. The van der Waals surface area contributed by atoms with E-state index >= 15 is 0 Å². The van der Waals surface area contributed by atoms with E-state index in [1.54, 1.807) is 0 Å². The Bertz CT molecular complexity index is 453. The predicted molar refractivity (Wildman–Crippen MR) is 47.7 cm³/mol. The minimum atomic E-state index is -0.926. The van der Waals surface area contributed by atoms with E-state index in [4.69, 9.17) is 5.26 Å². The molecule has 1 aliphatic rings. The molecule has 0 unspecified atom stereocenters. The summed E-state index contributed by atoms with van der Waals surface area (Å²) in [6, 6.07) is 2.08. The largest absolute Gasteiger partial charge is 0.345 e. The number of aromatic amines is 2. The van der Waals surface area contributed by atoms with Crippen LogP contribution in [0.5, 0.6) is 0 Å². The molecule has 2 rings (SSSR count). The lowest BCUT2D eigenvalue weighted by atomic mass is 10.00. The molecule has 0 aromatic carbocycles. The van der Waals surface area contributed by atoms with E-state index in [1.807, 2.05) is 0 Å². The molecule has 14 heavy (non-hydrogen) atoms. The molecule has 0 atom stereocenters. The number of nitrogens with one attached hydrogen (secondary N) is 2. The highest BCUT2D eigenvalue weighted by Crippen LogP contribution is 2.33. The van der Waals surface area contributed by atoms with E-state index in [0.29, 0.717) is 12.8 Å². The van der Waals surface area contributed by atoms with E-state index in [9.17, 15) is 9.59 Å². The van der Waals surface area contributed by atoms with Gasteiger partial charge in [-0.2, -0.15) is 5.26 Å². The molecule has 1 aromatic rings. The predicted octanol–water partition coefficient (Wildman–Crippen LogP) is -0.342. The highest BCUT2D eigenvalue weighted by atomic mass is 16.2. The molecule has 1 saturated carbocycles. The Hall–Kier alpha value is -1.77. The zero-order chi connectivity index (χ0) is 10.2. The summed E-state index contributed by atoms with van der Waals surface area (Å²) < 4.78 is 1.000. The van der Waals surface area contributed by atoms with Crippen molar-refractivity contribution in [3.63, 3.8) is 0 Å². The summed E-state index contributed by atoms with van der Waals surface area (Å²) in [5.74, 6) is 0. The molecule has 0 saturated heterocycles. The highest BCUT2D eigenvalue weighted by molar-refractivity contribution is 5.08. The molecule has 0 bridgehead atoms. The molecule has 0 spiro atoms. The molecule has 6 heteroatoms. The number of nitrogens with zero attached hydrogens (tertiary/aromatic N) is 2. The van der Waals surface area contributed by atoms with Gasteiger partial charge in [0.2, 0.25) is 0 Å². The topological polar surface area (TPSA) is 94.4 Å². The van der Waals surface area contributed by atoms with Gasteiger partial charge in [-0.05, 0) is 25.7 Å². The van der Waals surface area contributed by atoms with Crippen molar-refractivity contribution in [3.05, 3.63) is 21.0 Å². The van der Waals surface area contributed by atoms with Crippen molar-refractivity contribution < 1.29 is 0 Å². The summed E-state index contributed by atoms with van der Waals surface area (Å²) in [5, 5.41) is 13.4. The number of nitriles is 1. The zero-order valence-electron chi connectivity index (χ0n) is 7.54. The molecule has 1 aromatic heterocycles. The van der Waals surface area contributed by atoms with Crippen LogP contribution >= 0.6 is 0 Å². The Balaban J connectivity index is 2.64. The Morgan fingerprint density at radius 1 is 1.21 bits per heavy atom. The van der Waals surface area contributed by atoms with E-state index in [1.165, 1.54) is 0 Å². The van der Waals surface area contributed by atoms with Gasteiger partial charge in [0.25, 0.3) is 0 Å². The maximum absolute atomic E-state index is 11.3. The van der Waals surface area contributed by atoms with Crippen LogP contribution in [0, 0.1) is 11.3 Å². The van der Waals surface area contributed by atoms with E-state index in [0.717, 1.165) is 17.4 Å². The van der Waals surface area contributed by atoms with Crippen LogP contribution in [0.3, 0.4) is 0 Å². The maximum atomic E-state index is 11.3. The van der Waals surface area contributed by atoms with Gasteiger partial charge in [0.1, 0.15) is 5.54 Å². The lowest BCUT2D eigenvalue weighted by Crippen LogP contribution is -2.43. The minimum Gasteiger partial charge on any atom is -0.247 e. The smallest absolute Gasteiger partial charge is 0.247 e. The fraction of sp³-hybridized carbons (Fsp3) is 0.625. The van der Waals surface area contributed by atoms with Gasteiger partial charge in [-0.25, -0.2) is 24.4 Å². The molecule has 1 fully saturated rings. The second kappa shape index (κ2) is 2.87. The van der Waals surface area contributed by atoms with Crippen LogP contribution in [0.15, 0.2) is 9.59 Å². The number of hydrogen-bond acceptors (Lipinski definition) is 3. The molecular weight excluding hydrogens is 184 g/mol. The molecule has 1 aliphatic carbocycles. The van der Waals surface area contributed by atoms with Crippen LogP contribution in [0.25, 0.3) is 0 Å². The second-order valence-electron chi connectivity index (χ2n) is 3.55. The van der Waals surface area contributed by atoms with E-state index in [2.05, 4.69) is 16.3 Å². The number of hydrogen-bond donors (Lipinski definition) is 2. The van der Waals surface area contributed by atoms with Gasteiger partial charge in [-0.3, -0.25) is 0 Å². The lowest BCUT2D eigenvalue weighted by molar-refractivity contribution is 0.373. The monoisotopic (exact) mass is 194 g/mol. The van der Waals surface area contributed by atoms with Crippen LogP contribution in [0.2, 0.25) is 0 Å². The van der Waals surface area contributed by atoms with Gasteiger partial charge in [0.05, 0.1) is 6.07 Å². The molecule has 74 valence electrons. The normalized spacial score (nSPS) is 19.4. The van der Waals surface area contributed by atoms with Crippen molar-refractivity contribution in [1.82, 2.24) is 14.8 Å². The van der Waals surface area contributed by atoms with Crippen molar-refractivity contribution in [2.24, 2.45) is 0 Å². The van der Waals surface area contributed by atoms with Gasteiger partial charge >= 0.3 is 11.4 Å². The van der Waals surface area contributed by atoms with Crippen molar-refractivity contribution >= 4 is 0 Å². The third kappa shape index (κ3) is 1.02. The molecule has 0 aliphatic heterocycles. The van der Waals surface area contributed by atoms with Crippen LogP contribution < -0.4 is 11.4 Å². The van der Waals surface area contributed by atoms with Gasteiger partial charge < -0.3 is 0 Å². The van der Waals surface area contributed by atoms with Gasteiger partial charge in [0, 0.05) is 0 Å². The first kappa shape index (κ1) is 8.81.